The summed E-state index contributed by atoms with van der Waals surface area (Å²) in [5.74, 6) is 0.315. The van der Waals surface area contributed by atoms with Crippen LogP contribution in [0, 0.1) is 0 Å². The van der Waals surface area contributed by atoms with Gasteiger partial charge in [-0.2, -0.15) is 0 Å². The summed E-state index contributed by atoms with van der Waals surface area (Å²) in [6.07, 6.45) is 5.67. The Kier molecular flexibility index (Phi) is 9.33. The predicted octanol–water partition coefficient (Wildman–Crippen LogP) is 18.4. The zero-order chi connectivity index (χ0) is 42.8. The van der Waals surface area contributed by atoms with Gasteiger partial charge in [-0.25, -0.2) is 0 Å². The Labute approximate surface area is 390 Å². The van der Waals surface area contributed by atoms with Gasteiger partial charge in [0.2, 0.25) is 0 Å². The van der Waals surface area contributed by atoms with E-state index in [1.54, 1.807) is 0 Å². The first-order valence-electron chi connectivity index (χ1n) is 22.2. The van der Waals surface area contributed by atoms with E-state index in [1.807, 2.05) is 34.4 Å². The van der Waals surface area contributed by atoms with Gasteiger partial charge in [-0.3, -0.25) is 0 Å². The molecule has 11 aromatic rings. The highest BCUT2D eigenvalue weighted by Crippen LogP contribution is 2.55. The van der Waals surface area contributed by atoms with Gasteiger partial charge in [0.1, 0.15) is 0 Å². The fourth-order valence-corrected chi connectivity index (χ4v) is 13.4. The molecular formula is C60H40N2S3. The number of hydrogen-bond donors (Lipinski definition) is 0. The second-order valence-electron chi connectivity index (χ2n) is 16.8. The van der Waals surface area contributed by atoms with Gasteiger partial charge in [0, 0.05) is 74.9 Å². The molecule has 0 spiro atoms. The number of fused-ring (bicyclic) bond motifs is 9. The third kappa shape index (κ3) is 6.69. The lowest BCUT2D eigenvalue weighted by molar-refractivity contribution is 0.783. The highest BCUT2D eigenvalue weighted by atomic mass is 32.2. The fraction of sp³-hybridized carbons (Fsp3) is 0.0333. The van der Waals surface area contributed by atoms with E-state index in [9.17, 15) is 0 Å². The van der Waals surface area contributed by atoms with Gasteiger partial charge in [0.25, 0.3) is 0 Å². The van der Waals surface area contributed by atoms with Crippen molar-refractivity contribution < 1.29 is 0 Å². The van der Waals surface area contributed by atoms with E-state index in [4.69, 9.17) is 0 Å². The molecule has 9 aromatic carbocycles. The van der Waals surface area contributed by atoms with Crippen LogP contribution in [0.2, 0.25) is 0 Å². The Morgan fingerprint density at radius 2 is 0.923 bits per heavy atom. The molecule has 1 aliphatic carbocycles. The number of hydrogen-bond acceptors (Lipinski definition) is 5. The average molecular weight is 885 g/mol. The first-order valence-corrected chi connectivity index (χ1v) is 24.6. The van der Waals surface area contributed by atoms with E-state index in [0.29, 0.717) is 5.92 Å². The Hall–Kier alpha value is -7.15. The molecule has 1 atom stereocenters. The van der Waals surface area contributed by atoms with Crippen molar-refractivity contribution in [1.29, 1.82) is 0 Å². The Morgan fingerprint density at radius 1 is 0.385 bits per heavy atom. The van der Waals surface area contributed by atoms with Gasteiger partial charge < -0.3 is 9.80 Å². The summed E-state index contributed by atoms with van der Waals surface area (Å²) in [7, 11) is 0. The van der Waals surface area contributed by atoms with Crippen LogP contribution in [0.3, 0.4) is 0 Å². The van der Waals surface area contributed by atoms with Gasteiger partial charge in [-0.1, -0.05) is 151 Å². The Bertz CT molecular complexity index is 3660. The first kappa shape index (κ1) is 38.3. The maximum absolute atomic E-state index is 2.57. The minimum Gasteiger partial charge on any atom is -0.313 e. The zero-order valence-electron chi connectivity index (χ0n) is 35.3. The molecule has 2 aliphatic rings. The standard InChI is InChI=1S/C60H40N2S3/c1-3-13-39(14-4-1)41-23-27-43(28-24-41)61(45-31-33-58-51(35-45)48-17-7-10-20-55(48)63-58)47-37-53-50-19-9-12-22-57(50)65-60(53)54(38-47)62(44-29-25-42(26-30-44)40-15-5-2-6-16-40)46-32-34-59-52(36-46)49-18-8-11-21-56(49)64-59/h1-35,37-38,52H,36H2. The van der Waals surface area contributed by atoms with Crippen molar-refractivity contribution in [3.8, 4) is 22.3 Å². The molecule has 1 aliphatic heterocycles. The van der Waals surface area contributed by atoms with Gasteiger partial charge in [-0.15, -0.1) is 22.7 Å². The second kappa shape index (κ2) is 15.8. The molecule has 0 saturated heterocycles. The summed E-state index contributed by atoms with van der Waals surface area (Å²) < 4.78 is 5.16. The molecule has 0 saturated carbocycles. The van der Waals surface area contributed by atoms with Gasteiger partial charge in [0.05, 0.1) is 10.4 Å². The largest absolute Gasteiger partial charge is 0.313 e. The first-order chi connectivity index (χ1) is 32.2. The molecule has 65 heavy (non-hydrogen) atoms. The lowest BCUT2D eigenvalue weighted by Crippen LogP contribution is -2.20. The third-order valence-electron chi connectivity index (χ3n) is 13.0. The summed E-state index contributed by atoms with van der Waals surface area (Å²) in [6.45, 7) is 0. The molecule has 5 heteroatoms. The lowest BCUT2D eigenvalue weighted by atomic mass is 9.90. The van der Waals surface area contributed by atoms with E-state index in [2.05, 4.69) is 234 Å². The van der Waals surface area contributed by atoms with Gasteiger partial charge >= 0.3 is 0 Å². The summed E-state index contributed by atoms with van der Waals surface area (Å²) in [5, 5.41) is 5.10. The summed E-state index contributed by atoms with van der Waals surface area (Å²) >= 11 is 5.68. The number of thiophene rings is 2. The Balaban J connectivity index is 1.05. The minimum absolute atomic E-state index is 0.315. The normalized spacial score (nSPS) is 14.4. The van der Waals surface area contributed by atoms with E-state index in [-0.39, 0.29) is 0 Å². The van der Waals surface area contributed by atoms with Crippen LogP contribution < -0.4 is 9.80 Å². The van der Waals surface area contributed by atoms with Crippen LogP contribution in [0.1, 0.15) is 17.9 Å². The van der Waals surface area contributed by atoms with Crippen LogP contribution in [-0.4, -0.2) is 0 Å². The van der Waals surface area contributed by atoms with Crippen LogP contribution in [0.25, 0.3) is 62.6 Å². The highest BCUT2D eigenvalue weighted by Gasteiger charge is 2.33. The molecule has 13 rings (SSSR count). The maximum Gasteiger partial charge on any atom is 0.0658 e. The van der Waals surface area contributed by atoms with Crippen LogP contribution in [0.5, 0.6) is 0 Å². The van der Waals surface area contributed by atoms with Crippen LogP contribution in [0.4, 0.5) is 28.4 Å². The molecule has 2 aromatic heterocycles. The zero-order valence-corrected chi connectivity index (χ0v) is 37.7. The number of thioether (sulfide) groups is 1. The quantitative estimate of drug-likeness (QED) is 0.150. The van der Waals surface area contributed by atoms with Crippen LogP contribution in [-0.2, 0) is 0 Å². The molecule has 0 fully saturated rings. The van der Waals surface area contributed by atoms with Crippen molar-refractivity contribution in [3.05, 3.63) is 241 Å². The number of benzene rings is 9. The molecular weight excluding hydrogens is 845 g/mol. The van der Waals surface area contributed by atoms with E-state index in [1.165, 1.54) is 89.3 Å². The minimum atomic E-state index is 0.315. The van der Waals surface area contributed by atoms with E-state index >= 15 is 0 Å². The van der Waals surface area contributed by atoms with Crippen molar-refractivity contribution >= 4 is 103 Å². The lowest BCUT2D eigenvalue weighted by Gasteiger charge is -2.33. The van der Waals surface area contributed by atoms with Crippen molar-refractivity contribution in [2.75, 3.05) is 9.80 Å². The molecule has 2 nitrogen and oxygen atoms in total. The molecule has 1 unspecified atom stereocenters. The van der Waals surface area contributed by atoms with Gasteiger partial charge in [-0.05, 0) is 124 Å². The van der Waals surface area contributed by atoms with E-state index < -0.39 is 0 Å². The summed E-state index contributed by atoms with van der Waals surface area (Å²) in [5.41, 5.74) is 13.2. The van der Waals surface area contributed by atoms with Crippen molar-refractivity contribution in [2.24, 2.45) is 0 Å². The summed E-state index contributed by atoms with van der Waals surface area (Å²) in [6, 6.07) is 78.3. The molecule has 3 heterocycles. The SMILES string of the molecule is C1=C2Sc3ccccc3C2CC(N(c2ccc(-c3ccccc3)cc2)c2cc(N(c3ccc(-c4ccccc4)cc3)c3ccc4sc5ccccc5c4c3)cc3c2sc2ccccc23)=C1. The topological polar surface area (TPSA) is 6.48 Å². The Morgan fingerprint density at radius 3 is 1.63 bits per heavy atom. The van der Waals surface area contributed by atoms with Crippen LogP contribution >= 0.6 is 34.4 Å². The smallest absolute Gasteiger partial charge is 0.0658 e. The molecule has 0 radical (unpaired) electrons. The summed E-state index contributed by atoms with van der Waals surface area (Å²) in [4.78, 5) is 7.84. The molecule has 0 amide bonds. The van der Waals surface area contributed by atoms with Crippen molar-refractivity contribution in [2.45, 2.75) is 17.2 Å². The third-order valence-corrected chi connectivity index (χ3v) is 16.6. The second-order valence-corrected chi connectivity index (χ2v) is 20.1. The van der Waals surface area contributed by atoms with Gasteiger partial charge in [0.15, 0.2) is 0 Å². The highest BCUT2D eigenvalue weighted by molar-refractivity contribution is 8.03. The maximum atomic E-state index is 2.57. The molecule has 0 N–H and O–H groups in total. The van der Waals surface area contributed by atoms with Crippen LogP contribution in [0.15, 0.2) is 240 Å². The predicted molar refractivity (Wildman–Crippen MR) is 282 cm³/mol. The average Bonchev–Trinajstić information content (AvgIpc) is 4.06. The molecule has 0 bridgehead atoms. The number of rotatable bonds is 8. The number of anilines is 5. The number of nitrogens with zero attached hydrogens (tertiary/aromatic N) is 2. The van der Waals surface area contributed by atoms with Crippen molar-refractivity contribution in [1.82, 2.24) is 0 Å². The van der Waals surface area contributed by atoms with Crippen molar-refractivity contribution in [3.63, 3.8) is 0 Å². The fourth-order valence-electron chi connectivity index (χ4n) is 9.91. The number of allylic oxidation sites excluding steroid dienone is 4. The van der Waals surface area contributed by atoms with E-state index in [0.717, 1.165) is 29.2 Å². The monoisotopic (exact) mass is 884 g/mol. The molecule has 308 valence electrons.